The van der Waals surface area contributed by atoms with Gasteiger partial charge in [0.25, 0.3) is 0 Å². The van der Waals surface area contributed by atoms with Gasteiger partial charge in [0.1, 0.15) is 17.1 Å². The van der Waals surface area contributed by atoms with Gasteiger partial charge < -0.3 is 15.4 Å². The van der Waals surface area contributed by atoms with E-state index in [-0.39, 0.29) is 5.75 Å². The lowest BCUT2D eigenvalue weighted by Crippen LogP contribution is -1.98. The molecule has 0 aliphatic heterocycles. The molecule has 0 bridgehead atoms. The van der Waals surface area contributed by atoms with Crippen LogP contribution in [0.3, 0.4) is 0 Å². The number of phenolic OH excluding ortho intramolecular Hbond substituents is 1. The molecule has 0 aliphatic rings. The Labute approximate surface area is 107 Å². The summed E-state index contributed by atoms with van der Waals surface area (Å²) in [6.45, 7) is 0. The lowest BCUT2D eigenvalue weighted by molar-refractivity contribution is 0.480. The summed E-state index contributed by atoms with van der Waals surface area (Å²) in [6.07, 6.45) is 5.09. The van der Waals surface area contributed by atoms with Crippen molar-refractivity contribution < 1.29 is 5.11 Å². The van der Waals surface area contributed by atoms with Crippen molar-refractivity contribution in [2.75, 3.05) is 5.73 Å². The molecule has 3 rings (SSSR count). The Morgan fingerprint density at radius 1 is 1.28 bits per heavy atom. The number of aromatic nitrogens is 3. The number of nitrogen functional groups attached to an aromatic ring is 1. The van der Waals surface area contributed by atoms with Crippen molar-refractivity contribution in [3.05, 3.63) is 41.9 Å². The Morgan fingerprint density at radius 2 is 2.11 bits per heavy atom. The van der Waals surface area contributed by atoms with Crippen LogP contribution in [-0.2, 0) is 0 Å². The van der Waals surface area contributed by atoms with E-state index in [4.69, 9.17) is 17.3 Å². The average molecular weight is 261 g/mol. The Morgan fingerprint density at radius 3 is 2.83 bits per heavy atom. The maximum Gasteiger partial charge on any atom is 0.143 e. The smallest absolute Gasteiger partial charge is 0.143 e. The minimum Gasteiger partial charge on any atom is -0.506 e. The molecule has 1 aromatic carbocycles. The third-order valence-corrected chi connectivity index (χ3v) is 2.86. The molecule has 2 heterocycles. The number of rotatable bonds is 1. The predicted octanol–water partition coefficient (Wildman–Crippen LogP) is 2.36. The highest BCUT2D eigenvalue weighted by atomic mass is 35.5. The first-order valence-electron chi connectivity index (χ1n) is 5.22. The maximum absolute atomic E-state index is 9.87. The highest BCUT2D eigenvalue weighted by Crippen LogP contribution is 2.32. The molecule has 0 saturated carbocycles. The molecule has 90 valence electrons. The van der Waals surface area contributed by atoms with Crippen molar-refractivity contribution in [1.29, 1.82) is 0 Å². The van der Waals surface area contributed by atoms with Crippen LogP contribution >= 0.6 is 11.6 Å². The minimum atomic E-state index is 0.00571. The Balaban J connectivity index is 2.44. The molecule has 0 unspecified atom stereocenters. The molecule has 18 heavy (non-hydrogen) atoms. The van der Waals surface area contributed by atoms with Crippen LogP contribution in [0.4, 0.5) is 5.82 Å². The van der Waals surface area contributed by atoms with Crippen molar-refractivity contribution in [1.82, 2.24) is 14.5 Å². The van der Waals surface area contributed by atoms with Crippen LogP contribution < -0.4 is 5.73 Å². The molecule has 0 radical (unpaired) electrons. The van der Waals surface area contributed by atoms with E-state index in [2.05, 4.69) is 9.97 Å². The summed E-state index contributed by atoms with van der Waals surface area (Å²) in [4.78, 5) is 8.11. The summed E-state index contributed by atoms with van der Waals surface area (Å²) in [7, 11) is 0. The summed E-state index contributed by atoms with van der Waals surface area (Å²) in [6, 6.07) is 4.88. The number of nitrogens with zero attached hydrogens (tertiary/aromatic N) is 3. The van der Waals surface area contributed by atoms with Gasteiger partial charge in [-0.15, -0.1) is 0 Å². The van der Waals surface area contributed by atoms with Crippen LogP contribution in [0.15, 0.2) is 36.9 Å². The zero-order valence-corrected chi connectivity index (χ0v) is 9.96. The van der Waals surface area contributed by atoms with Crippen LogP contribution in [0, 0.1) is 0 Å². The SMILES string of the molecule is Nc1cc(-n2ccnc2)c2cc(Cl)cc(O)c2n1. The van der Waals surface area contributed by atoms with E-state index < -0.39 is 0 Å². The van der Waals surface area contributed by atoms with E-state index in [0.29, 0.717) is 21.7 Å². The number of nitrogens with two attached hydrogens (primary N) is 1. The highest BCUT2D eigenvalue weighted by Gasteiger charge is 2.10. The van der Waals surface area contributed by atoms with Crippen LogP contribution in [0.25, 0.3) is 16.6 Å². The van der Waals surface area contributed by atoms with Gasteiger partial charge in [0.2, 0.25) is 0 Å². The second-order valence-electron chi connectivity index (χ2n) is 3.86. The summed E-state index contributed by atoms with van der Waals surface area (Å²) in [5.41, 5.74) is 6.94. The Hall–Kier alpha value is -2.27. The Kier molecular flexibility index (Phi) is 2.34. The number of aromatic hydroxyl groups is 1. The van der Waals surface area contributed by atoms with Gasteiger partial charge in [-0.3, -0.25) is 0 Å². The number of hydrogen-bond acceptors (Lipinski definition) is 4. The Bertz CT molecular complexity index is 725. The van der Waals surface area contributed by atoms with Gasteiger partial charge in [-0.05, 0) is 6.07 Å². The van der Waals surface area contributed by atoms with Gasteiger partial charge in [-0.1, -0.05) is 11.6 Å². The lowest BCUT2D eigenvalue weighted by atomic mass is 10.1. The van der Waals surface area contributed by atoms with Gasteiger partial charge in [0.15, 0.2) is 0 Å². The van der Waals surface area contributed by atoms with E-state index >= 15 is 0 Å². The fourth-order valence-corrected chi connectivity index (χ4v) is 2.10. The number of imidazole rings is 1. The average Bonchev–Trinajstić information content (AvgIpc) is 2.83. The number of fused-ring (bicyclic) bond motifs is 1. The van der Waals surface area contributed by atoms with Gasteiger partial charge in [0.05, 0.1) is 12.0 Å². The van der Waals surface area contributed by atoms with Crippen molar-refractivity contribution in [3.8, 4) is 11.4 Å². The lowest BCUT2D eigenvalue weighted by Gasteiger charge is -2.09. The number of halogens is 1. The standard InChI is InChI=1S/C12H9ClN4O/c13-7-3-8-9(17-2-1-15-6-17)5-11(14)16-12(8)10(18)4-7/h1-6,18H,(H2,14,16). The normalized spacial score (nSPS) is 10.9. The summed E-state index contributed by atoms with van der Waals surface area (Å²) >= 11 is 5.95. The van der Waals surface area contributed by atoms with Gasteiger partial charge in [-0.25, -0.2) is 9.97 Å². The van der Waals surface area contributed by atoms with Gasteiger partial charge in [-0.2, -0.15) is 0 Å². The number of pyridine rings is 1. The molecule has 0 atom stereocenters. The third kappa shape index (κ3) is 1.65. The first-order valence-corrected chi connectivity index (χ1v) is 5.60. The fraction of sp³-hybridized carbons (Fsp3) is 0. The number of anilines is 1. The van der Waals surface area contributed by atoms with Crippen LogP contribution in [-0.4, -0.2) is 19.6 Å². The predicted molar refractivity (Wildman–Crippen MR) is 70.0 cm³/mol. The van der Waals surface area contributed by atoms with Crippen molar-refractivity contribution >= 4 is 28.3 Å². The molecule has 3 aromatic rings. The number of phenols is 1. The molecule has 0 spiro atoms. The molecule has 6 heteroatoms. The quantitative estimate of drug-likeness (QED) is 0.704. The van der Waals surface area contributed by atoms with Gasteiger partial charge >= 0.3 is 0 Å². The second kappa shape index (κ2) is 3.89. The van der Waals surface area contributed by atoms with Crippen molar-refractivity contribution in [2.45, 2.75) is 0 Å². The van der Waals surface area contributed by atoms with Crippen LogP contribution in [0.2, 0.25) is 5.02 Å². The first kappa shape index (κ1) is 10.9. The molecular formula is C12H9ClN4O. The molecular weight excluding hydrogens is 252 g/mol. The molecule has 2 aromatic heterocycles. The molecule has 3 N–H and O–H groups in total. The summed E-state index contributed by atoms with van der Waals surface area (Å²) in [5, 5.41) is 11.0. The minimum absolute atomic E-state index is 0.00571. The van der Waals surface area contributed by atoms with Crippen molar-refractivity contribution in [3.63, 3.8) is 0 Å². The number of hydrogen-bond donors (Lipinski definition) is 2. The molecule has 0 aliphatic carbocycles. The van der Waals surface area contributed by atoms with E-state index in [1.54, 1.807) is 35.4 Å². The maximum atomic E-state index is 9.87. The molecule has 0 fully saturated rings. The zero-order valence-electron chi connectivity index (χ0n) is 9.21. The molecule has 0 saturated heterocycles. The summed E-state index contributed by atoms with van der Waals surface area (Å²) in [5.74, 6) is 0.329. The molecule has 5 nitrogen and oxygen atoms in total. The fourth-order valence-electron chi connectivity index (χ4n) is 1.89. The van der Waals surface area contributed by atoms with Crippen LogP contribution in [0.5, 0.6) is 5.75 Å². The van der Waals surface area contributed by atoms with E-state index in [0.717, 1.165) is 5.69 Å². The number of benzene rings is 1. The largest absolute Gasteiger partial charge is 0.506 e. The second-order valence-corrected chi connectivity index (χ2v) is 4.29. The third-order valence-electron chi connectivity index (χ3n) is 2.64. The van der Waals surface area contributed by atoms with Gasteiger partial charge in [0, 0.05) is 34.9 Å². The monoisotopic (exact) mass is 260 g/mol. The van der Waals surface area contributed by atoms with E-state index in [1.807, 2.05) is 0 Å². The first-order chi connectivity index (χ1) is 8.65. The molecule has 0 amide bonds. The zero-order chi connectivity index (χ0) is 12.7. The summed E-state index contributed by atoms with van der Waals surface area (Å²) < 4.78 is 1.79. The highest BCUT2D eigenvalue weighted by molar-refractivity contribution is 6.31. The van der Waals surface area contributed by atoms with E-state index in [1.165, 1.54) is 6.07 Å². The van der Waals surface area contributed by atoms with E-state index in [9.17, 15) is 5.11 Å². The van der Waals surface area contributed by atoms with Crippen molar-refractivity contribution in [2.24, 2.45) is 0 Å². The topological polar surface area (TPSA) is 77.0 Å². The van der Waals surface area contributed by atoms with Crippen LogP contribution in [0.1, 0.15) is 0 Å².